The number of nitrogens with one attached hydrogen (secondary N) is 2. The van der Waals surface area contributed by atoms with Gasteiger partial charge < -0.3 is 5.11 Å². The van der Waals surface area contributed by atoms with Crippen molar-refractivity contribution in [3.05, 3.63) is 71.2 Å². The maximum atomic E-state index is 11.9. The number of anilines is 2. The van der Waals surface area contributed by atoms with E-state index in [0.717, 1.165) is 33.5 Å². The zero-order valence-electron chi connectivity index (χ0n) is 14.7. The Morgan fingerprint density at radius 1 is 1.15 bits per heavy atom. The van der Waals surface area contributed by atoms with E-state index in [-0.39, 0.29) is 0 Å². The van der Waals surface area contributed by atoms with Crippen molar-refractivity contribution in [2.75, 3.05) is 15.3 Å². The van der Waals surface area contributed by atoms with Crippen LogP contribution in [0, 0.1) is 6.92 Å². The number of hydrogen-bond donors (Lipinski definition) is 3. The van der Waals surface area contributed by atoms with Crippen molar-refractivity contribution in [2.24, 2.45) is 0 Å². The van der Waals surface area contributed by atoms with Gasteiger partial charge in [-0.15, -0.1) is 0 Å². The first kappa shape index (κ1) is 19.1. The summed E-state index contributed by atoms with van der Waals surface area (Å²) in [7, 11) is -7.23. The van der Waals surface area contributed by atoms with Crippen molar-refractivity contribution in [1.82, 2.24) is 4.72 Å². The minimum Gasteiger partial charge on any atom is -0.493 e. The van der Waals surface area contributed by atoms with Crippen molar-refractivity contribution in [3.8, 4) is 0 Å². The largest absolute Gasteiger partial charge is 0.493 e. The Morgan fingerprint density at radius 3 is 2.37 bits per heavy atom. The lowest BCUT2D eigenvalue weighted by molar-refractivity contribution is 0.392. The highest BCUT2D eigenvalue weighted by Crippen LogP contribution is 2.26. The average molecular weight is 409 g/mol. The smallest absolute Gasteiger partial charge is 0.330 e. The molecule has 1 aliphatic heterocycles. The highest BCUT2D eigenvalue weighted by atomic mass is 32.2. The highest BCUT2D eigenvalue weighted by Gasteiger charge is 2.28. The van der Waals surface area contributed by atoms with Crippen molar-refractivity contribution >= 4 is 31.6 Å². The van der Waals surface area contributed by atoms with Gasteiger partial charge in [0.25, 0.3) is 0 Å². The Labute approximate surface area is 158 Å². The average Bonchev–Trinajstić information content (AvgIpc) is 2.82. The molecule has 1 aliphatic rings. The lowest BCUT2D eigenvalue weighted by atomic mass is 10.0. The molecule has 1 heterocycles. The zero-order chi connectivity index (χ0) is 19.8. The summed E-state index contributed by atoms with van der Waals surface area (Å²) in [5.74, 6) is -0.449. The molecule has 2 aromatic carbocycles. The van der Waals surface area contributed by atoms with E-state index >= 15 is 0 Å². The summed E-state index contributed by atoms with van der Waals surface area (Å²) >= 11 is 0. The molecule has 3 rings (SSSR count). The van der Waals surface area contributed by atoms with Gasteiger partial charge in [-0.2, -0.15) is 8.42 Å². The second-order valence-electron chi connectivity index (χ2n) is 6.30. The Hall–Kier alpha value is -2.72. The number of aryl methyl sites for hydroxylation is 1. The first-order chi connectivity index (χ1) is 12.5. The minimum absolute atomic E-state index is 0.369. The number of benzene rings is 2. The monoisotopic (exact) mass is 409 g/mol. The SMILES string of the molecule is Cc1ccc(NS(C)(=O)=O)c(Cc2ccc(N3C=C(O)NS3(=O)=O)cc2)c1. The van der Waals surface area contributed by atoms with Gasteiger partial charge in [0.2, 0.25) is 15.9 Å². The predicted octanol–water partition coefficient (Wildman–Crippen LogP) is 1.97. The standard InChI is InChI=1S/C17H19N3O5S2/c1-12-3-8-16(18-26(2,22)23)14(9-12)10-13-4-6-15(7-5-13)20-11-17(21)19-27(20,24)25/h3-9,11,18-19,21H,10H2,1-2H3. The second kappa shape index (κ2) is 6.78. The van der Waals surface area contributed by atoms with Crippen LogP contribution < -0.4 is 13.7 Å². The number of sulfonamides is 1. The van der Waals surface area contributed by atoms with Crippen molar-refractivity contribution in [2.45, 2.75) is 13.3 Å². The van der Waals surface area contributed by atoms with Crippen LogP contribution in [0.1, 0.15) is 16.7 Å². The van der Waals surface area contributed by atoms with Gasteiger partial charge in [0, 0.05) is 0 Å². The van der Waals surface area contributed by atoms with Crippen molar-refractivity contribution in [3.63, 3.8) is 0 Å². The summed E-state index contributed by atoms with van der Waals surface area (Å²) in [6.07, 6.45) is 2.64. The molecule has 0 amide bonds. The fraction of sp³-hybridized carbons (Fsp3) is 0.176. The van der Waals surface area contributed by atoms with E-state index in [2.05, 4.69) is 4.72 Å². The Kier molecular flexibility index (Phi) is 4.79. The molecule has 2 aromatic rings. The molecule has 0 saturated heterocycles. The van der Waals surface area contributed by atoms with E-state index in [1.807, 2.05) is 23.8 Å². The third kappa shape index (κ3) is 4.52. The quantitative estimate of drug-likeness (QED) is 0.698. The van der Waals surface area contributed by atoms with Gasteiger partial charge in [-0.05, 0) is 42.7 Å². The predicted molar refractivity (Wildman–Crippen MR) is 104 cm³/mol. The molecular weight excluding hydrogens is 390 g/mol. The van der Waals surface area contributed by atoms with Gasteiger partial charge in [-0.3, -0.25) is 4.72 Å². The van der Waals surface area contributed by atoms with Crippen LogP contribution in [0.2, 0.25) is 0 Å². The minimum atomic E-state index is -3.83. The number of hydrogen-bond acceptors (Lipinski definition) is 5. The van der Waals surface area contributed by atoms with E-state index in [9.17, 15) is 21.9 Å². The molecule has 3 N–H and O–H groups in total. The summed E-state index contributed by atoms with van der Waals surface area (Å²) < 4.78 is 52.4. The Balaban J connectivity index is 1.87. The van der Waals surface area contributed by atoms with Crippen LogP contribution in [-0.4, -0.2) is 28.2 Å². The van der Waals surface area contributed by atoms with Crippen molar-refractivity contribution in [1.29, 1.82) is 0 Å². The molecule has 0 spiro atoms. The normalized spacial score (nSPS) is 15.9. The summed E-state index contributed by atoms with van der Waals surface area (Å²) in [5.41, 5.74) is 3.55. The number of rotatable bonds is 5. The van der Waals surface area contributed by atoms with Crippen LogP contribution in [0.5, 0.6) is 0 Å². The molecule has 10 heteroatoms. The molecule has 0 fully saturated rings. The van der Waals surface area contributed by atoms with Crippen LogP contribution in [0.3, 0.4) is 0 Å². The summed E-state index contributed by atoms with van der Waals surface area (Å²) in [6.45, 7) is 1.92. The molecule has 0 aromatic heterocycles. The summed E-state index contributed by atoms with van der Waals surface area (Å²) in [5, 5.41) is 9.37. The third-order valence-corrected chi connectivity index (χ3v) is 5.77. The van der Waals surface area contributed by atoms with E-state index in [1.54, 1.807) is 30.3 Å². The van der Waals surface area contributed by atoms with Gasteiger partial charge in [0.05, 0.1) is 23.8 Å². The fourth-order valence-electron chi connectivity index (χ4n) is 2.75. The Morgan fingerprint density at radius 2 is 1.81 bits per heavy atom. The topological polar surface area (TPSA) is 116 Å². The van der Waals surface area contributed by atoms with Gasteiger partial charge in [0.1, 0.15) is 0 Å². The van der Waals surface area contributed by atoms with Gasteiger partial charge in [-0.25, -0.2) is 17.4 Å². The van der Waals surface area contributed by atoms with Gasteiger partial charge in [-0.1, -0.05) is 29.8 Å². The molecule has 0 unspecified atom stereocenters. The number of aliphatic hydroxyl groups is 1. The van der Waals surface area contributed by atoms with E-state index in [0.29, 0.717) is 17.8 Å². The third-order valence-electron chi connectivity index (χ3n) is 3.87. The molecule has 0 atom stereocenters. The molecule has 0 bridgehead atoms. The molecule has 0 radical (unpaired) electrons. The first-order valence-electron chi connectivity index (χ1n) is 7.93. The van der Waals surface area contributed by atoms with E-state index < -0.39 is 26.1 Å². The second-order valence-corrected chi connectivity index (χ2v) is 9.59. The van der Waals surface area contributed by atoms with Crippen LogP contribution in [-0.2, 0) is 26.7 Å². The van der Waals surface area contributed by atoms with Crippen LogP contribution in [0.25, 0.3) is 0 Å². The molecule has 0 saturated carbocycles. The molecule has 27 heavy (non-hydrogen) atoms. The molecular formula is C17H19N3O5S2. The van der Waals surface area contributed by atoms with E-state index in [4.69, 9.17) is 0 Å². The van der Waals surface area contributed by atoms with Gasteiger partial charge >= 0.3 is 10.2 Å². The summed E-state index contributed by atoms with van der Waals surface area (Å²) in [6, 6.07) is 12.2. The zero-order valence-corrected chi connectivity index (χ0v) is 16.3. The molecule has 8 nitrogen and oxygen atoms in total. The number of nitrogens with zero attached hydrogens (tertiary/aromatic N) is 1. The van der Waals surface area contributed by atoms with Crippen molar-refractivity contribution < 1.29 is 21.9 Å². The number of aliphatic hydroxyl groups excluding tert-OH is 1. The van der Waals surface area contributed by atoms with Gasteiger partial charge in [0.15, 0.2) is 0 Å². The summed E-state index contributed by atoms with van der Waals surface area (Å²) in [4.78, 5) is 0. The fourth-order valence-corrected chi connectivity index (χ4v) is 4.40. The molecule has 0 aliphatic carbocycles. The lowest BCUT2D eigenvalue weighted by Crippen LogP contribution is -2.29. The van der Waals surface area contributed by atoms with Crippen LogP contribution >= 0.6 is 0 Å². The van der Waals surface area contributed by atoms with Crippen LogP contribution in [0.15, 0.2) is 54.5 Å². The molecule has 144 valence electrons. The first-order valence-corrected chi connectivity index (χ1v) is 11.3. The highest BCUT2D eigenvalue weighted by molar-refractivity contribution is 7.92. The maximum absolute atomic E-state index is 11.9. The maximum Gasteiger partial charge on any atom is 0.330 e. The van der Waals surface area contributed by atoms with Crippen LogP contribution in [0.4, 0.5) is 11.4 Å². The lowest BCUT2D eigenvalue weighted by Gasteiger charge is -2.15. The van der Waals surface area contributed by atoms with E-state index in [1.165, 1.54) is 0 Å². The Bertz CT molecular complexity index is 1110.